The van der Waals surface area contributed by atoms with Crippen LogP contribution in [0.2, 0.25) is 5.02 Å². The van der Waals surface area contributed by atoms with Gasteiger partial charge in [-0.1, -0.05) is 23.7 Å². The Kier molecular flexibility index (Phi) is 4.50. The molecule has 0 spiro atoms. The van der Waals surface area contributed by atoms with E-state index in [2.05, 4.69) is 21.7 Å². The van der Waals surface area contributed by atoms with E-state index in [9.17, 15) is 5.26 Å². The van der Waals surface area contributed by atoms with Gasteiger partial charge in [0, 0.05) is 22.6 Å². The molecular weight excluding hydrogens is 318 g/mol. The van der Waals surface area contributed by atoms with Crippen LogP contribution in [0.5, 0.6) is 0 Å². The minimum absolute atomic E-state index is 0.587. The molecule has 0 bridgehead atoms. The number of nitrogens with zero attached hydrogens (tertiary/aromatic N) is 3. The lowest BCUT2D eigenvalue weighted by molar-refractivity contribution is 0.954. The predicted molar refractivity (Wildman–Crippen MR) is 98.0 cm³/mol. The van der Waals surface area contributed by atoms with Crippen molar-refractivity contribution in [1.82, 2.24) is 9.55 Å². The van der Waals surface area contributed by atoms with E-state index < -0.39 is 0 Å². The number of rotatable bonds is 3. The molecule has 0 amide bonds. The van der Waals surface area contributed by atoms with Crippen LogP contribution in [-0.2, 0) is 0 Å². The highest BCUT2D eigenvalue weighted by atomic mass is 35.5. The number of aromatic nitrogens is 2. The number of benzene rings is 1. The van der Waals surface area contributed by atoms with Crippen LogP contribution in [0.4, 0.5) is 0 Å². The van der Waals surface area contributed by atoms with E-state index in [4.69, 9.17) is 11.6 Å². The quantitative estimate of drug-likeness (QED) is 0.617. The first-order chi connectivity index (χ1) is 11.6. The van der Waals surface area contributed by atoms with Gasteiger partial charge in [-0.25, -0.2) is 0 Å². The van der Waals surface area contributed by atoms with Gasteiger partial charge in [0.15, 0.2) is 0 Å². The third-order valence-corrected chi connectivity index (χ3v) is 4.17. The van der Waals surface area contributed by atoms with Gasteiger partial charge < -0.3 is 4.57 Å². The standard InChI is InChI=1S/C20H16ClN3/c1-14-9-17(15(2)24(14)20-7-4-8-23-13-20)10-18(12-22)16-5-3-6-19(21)11-16/h3-11,13H,1-2H3/b18-10+. The molecule has 4 heteroatoms. The van der Waals surface area contributed by atoms with Gasteiger partial charge in [0.25, 0.3) is 0 Å². The molecule has 24 heavy (non-hydrogen) atoms. The number of aryl methyl sites for hydroxylation is 1. The van der Waals surface area contributed by atoms with Crippen molar-refractivity contribution in [2.45, 2.75) is 13.8 Å². The number of allylic oxidation sites excluding steroid dienone is 1. The van der Waals surface area contributed by atoms with E-state index in [1.807, 2.05) is 50.4 Å². The summed E-state index contributed by atoms with van der Waals surface area (Å²) >= 11 is 6.04. The largest absolute Gasteiger partial charge is 0.316 e. The second-order valence-corrected chi connectivity index (χ2v) is 5.99. The first-order valence-electron chi connectivity index (χ1n) is 7.57. The van der Waals surface area contributed by atoms with E-state index in [-0.39, 0.29) is 0 Å². The summed E-state index contributed by atoms with van der Waals surface area (Å²) in [4.78, 5) is 4.18. The summed E-state index contributed by atoms with van der Waals surface area (Å²) in [7, 11) is 0. The van der Waals surface area contributed by atoms with Crippen molar-refractivity contribution in [2.75, 3.05) is 0 Å². The zero-order valence-electron chi connectivity index (χ0n) is 13.5. The maximum atomic E-state index is 9.54. The molecular formula is C20H16ClN3. The minimum Gasteiger partial charge on any atom is -0.316 e. The number of hydrogen-bond donors (Lipinski definition) is 0. The smallest absolute Gasteiger partial charge is 0.0998 e. The number of hydrogen-bond acceptors (Lipinski definition) is 2. The summed E-state index contributed by atoms with van der Waals surface area (Å²) in [6, 6.07) is 15.6. The van der Waals surface area contributed by atoms with Crippen molar-refractivity contribution in [3.63, 3.8) is 0 Å². The van der Waals surface area contributed by atoms with Crippen LogP contribution in [0, 0.1) is 25.2 Å². The van der Waals surface area contributed by atoms with E-state index >= 15 is 0 Å². The maximum Gasteiger partial charge on any atom is 0.0998 e. The highest BCUT2D eigenvalue weighted by Crippen LogP contribution is 2.26. The fourth-order valence-corrected chi connectivity index (χ4v) is 3.00. The third kappa shape index (κ3) is 3.10. The van der Waals surface area contributed by atoms with E-state index in [0.717, 1.165) is 28.2 Å². The van der Waals surface area contributed by atoms with Gasteiger partial charge in [0.2, 0.25) is 0 Å². The Balaban J connectivity index is 2.09. The fraction of sp³-hybridized carbons (Fsp3) is 0.100. The van der Waals surface area contributed by atoms with Crippen LogP contribution in [0.15, 0.2) is 54.9 Å². The van der Waals surface area contributed by atoms with Crippen molar-refractivity contribution in [3.8, 4) is 11.8 Å². The average Bonchev–Trinajstić information content (AvgIpc) is 2.87. The van der Waals surface area contributed by atoms with Crippen LogP contribution in [-0.4, -0.2) is 9.55 Å². The van der Waals surface area contributed by atoms with Crippen LogP contribution in [0.3, 0.4) is 0 Å². The van der Waals surface area contributed by atoms with E-state index in [1.54, 1.807) is 18.3 Å². The summed E-state index contributed by atoms with van der Waals surface area (Å²) in [5.41, 5.74) is 5.58. The highest BCUT2D eigenvalue weighted by molar-refractivity contribution is 6.30. The molecule has 0 saturated heterocycles. The Hall–Kier alpha value is -2.83. The molecule has 0 fully saturated rings. The molecule has 2 aromatic heterocycles. The molecule has 3 rings (SSSR count). The number of pyridine rings is 1. The second kappa shape index (κ2) is 6.74. The van der Waals surface area contributed by atoms with Gasteiger partial charge in [0.05, 0.1) is 23.5 Å². The van der Waals surface area contributed by atoms with E-state index in [0.29, 0.717) is 10.6 Å². The Morgan fingerprint density at radius 1 is 1.21 bits per heavy atom. The molecule has 3 nitrogen and oxygen atoms in total. The Morgan fingerprint density at radius 2 is 2.04 bits per heavy atom. The van der Waals surface area contributed by atoms with Gasteiger partial charge in [0.1, 0.15) is 0 Å². The van der Waals surface area contributed by atoms with Gasteiger partial charge in [-0.3, -0.25) is 4.98 Å². The van der Waals surface area contributed by atoms with Crippen molar-refractivity contribution in [1.29, 1.82) is 5.26 Å². The molecule has 0 aliphatic carbocycles. The summed E-state index contributed by atoms with van der Waals surface area (Å²) in [6.07, 6.45) is 5.49. The van der Waals surface area contributed by atoms with Crippen LogP contribution in [0.25, 0.3) is 17.3 Å². The van der Waals surface area contributed by atoms with Crippen LogP contribution < -0.4 is 0 Å². The Morgan fingerprint density at radius 3 is 2.71 bits per heavy atom. The first kappa shape index (κ1) is 16.0. The summed E-state index contributed by atoms with van der Waals surface area (Å²) in [5.74, 6) is 0. The Labute approximate surface area is 146 Å². The first-order valence-corrected chi connectivity index (χ1v) is 7.95. The molecule has 0 aliphatic rings. The van der Waals surface area contributed by atoms with Crippen molar-refractivity contribution < 1.29 is 0 Å². The summed E-state index contributed by atoms with van der Waals surface area (Å²) < 4.78 is 2.13. The SMILES string of the molecule is Cc1cc(/C=C(\C#N)c2cccc(Cl)c2)c(C)n1-c1cccnc1. The molecule has 0 aliphatic heterocycles. The lowest BCUT2D eigenvalue weighted by Gasteiger charge is -2.08. The van der Waals surface area contributed by atoms with Gasteiger partial charge in [-0.05, 0) is 61.4 Å². The monoisotopic (exact) mass is 333 g/mol. The topological polar surface area (TPSA) is 41.6 Å². The normalized spacial score (nSPS) is 11.3. The lowest BCUT2D eigenvalue weighted by Crippen LogP contribution is -1.99. The minimum atomic E-state index is 0.587. The molecule has 1 aromatic carbocycles. The van der Waals surface area contributed by atoms with Crippen molar-refractivity contribution in [2.24, 2.45) is 0 Å². The third-order valence-electron chi connectivity index (χ3n) is 3.93. The number of nitriles is 1. The zero-order valence-corrected chi connectivity index (χ0v) is 14.2. The maximum absolute atomic E-state index is 9.54. The summed E-state index contributed by atoms with van der Waals surface area (Å²) in [6.45, 7) is 4.08. The lowest BCUT2D eigenvalue weighted by atomic mass is 10.0. The molecule has 0 N–H and O–H groups in total. The molecule has 3 aromatic rings. The highest BCUT2D eigenvalue weighted by Gasteiger charge is 2.11. The van der Waals surface area contributed by atoms with Gasteiger partial charge >= 0.3 is 0 Å². The number of halogens is 1. The van der Waals surface area contributed by atoms with E-state index in [1.165, 1.54) is 0 Å². The second-order valence-electron chi connectivity index (χ2n) is 5.55. The van der Waals surface area contributed by atoms with Gasteiger partial charge in [-0.15, -0.1) is 0 Å². The molecule has 0 radical (unpaired) electrons. The Bertz CT molecular complexity index is 947. The van der Waals surface area contributed by atoms with Crippen LogP contribution >= 0.6 is 11.6 Å². The molecule has 0 unspecified atom stereocenters. The zero-order chi connectivity index (χ0) is 17.1. The molecule has 118 valence electrons. The average molecular weight is 334 g/mol. The van der Waals surface area contributed by atoms with Crippen LogP contribution in [0.1, 0.15) is 22.5 Å². The molecule has 2 heterocycles. The van der Waals surface area contributed by atoms with Crippen molar-refractivity contribution in [3.05, 3.63) is 82.4 Å². The molecule has 0 atom stereocenters. The predicted octanol–water partition coefficient (Wildman–Crippen LogP) is 5.21. The fourth-order valence-electron chi connectivity index (χ4n) is 2.81. The van der Waals surface area contributed by atoms with Gasteiger partial charge in [-0.2, -0.15) is 5.26 Å². The van der Waals surface area contributed by atoms with Crippen molar-refractivity contribution >= 4 is 23.3 Å². The molecule has 0 saturated carbocycles. The summed E-state index contributed by atoms with van der Waals surface area (Å²) in [5, 5.41) is 10.2.